The van der Waals surface area contributed by atoms with Crippen LogP contribution in [0, 0.1) is 0 Å². The summed E-state index contributed by atoms with van der Waals surface area (Å²) in [6, 6.07) is 6.46. The summed E-state index contributed by atoms with van der Waals surface area (Å²) in [4.78, 5) is 23.6. The van der Waals surface area contributed by atoms with Gasteiger partial charge in [-0.1, -0.05) is 12.1 Å². The first-order valence-corrected chi connectivity index (χ1v) is 8.90. The second kappa shape index (κ2) is 5.82. The van der Waals surface area contributed by atoms with E-state index < -0.39 is 27.4 Å². The molecule has 2 aromatic rings. The van der Waals surface area contributed by atoms with E-state index in [9.17, 15) is 18.0 Å². The van der Waals surface area contributed by atoms with Gasteiger partial charge < -0.3 is 10.4 Å². The Morgan fingerprint density at radius 1 is 1.22 bits per heavy atom. The fourth-order valence-corrected chi connectivity index (χ4v) is 4.27. The topological polar surface area (TPSA) is 110 Å². The van der Waals surface area contributed by atoms with Crippen molar-refractivity contribution in [3.8, 4) is 0 Å². The van der Waals surface area contributed by atoms with Crippen molar-refractivity contribution < 1.29 is 18.3 Å². The normalized spacial score (nSPS) is 16.7. The van der Waals surface area contributed by atoms with Gasteiger partial charge in [0, 0.05) is 6.04 Å². The predicted octanol–water partition coefficient (Wildman–Crippen LogP) is -0.01000. The number of carboxylic acids is 1. The molecule has 1 aliphatic rings. The third-order valence-corrected chi connectivity index (χ3v) is 5.52. The summed E-state index contributed by atoms with van der Waals surface area (Å²) in [7, 11) is -4.27. The van der Waals surface area contributed by atoms with E-state index >= 15 is 0 Å². The van der Waals surface area contributed by atoms with Crippen molar-refractivity contribution in [3.05, 3.63) is 34.7 Å². The van der Waals surface area contributed by atoms with Gasteiger partial charge in [-0.3, -0.25) is 9.36 Å². The van der Waals surface area contributed by atoms with Crippen molar-refractivity contribution in [2.24, 2.45) is 0 Å². The number of carboxylic acid groups (broad SMARTS) is 1. The number of fused-ring (bicyclic) bond motifs is 1. The third kappa shape index (κ3) is 2.77. The van der Waals surface area contributed by atoms with Gasteiger partial charge in [0.25, 0.3) is 10.0 Å². The summed E-state index contributed by atoms with van der Waals surface area (Å²) >= 11 is 0. The minimum atomic E-state index is -4.27. The molecule has 0 spiro atoms. The molecule has 0 bridgehead atoms. The first-order chi connectivity index (χ1) is 10.9. The van der Waals surface area contributed by atoms with Crippen molar-refractivity contribution in [3.63, 3.8) is 0 Å². The molecule has 0 radical (unpaired) electrons. The van der Waals surface area contributed by atoms with Crippen molar-refractivity contribution in [2.45, 2.75) is 18.9 Å². The molecule has 1 fully saturated rings. The zero-order valence-electron chi connectivity index (χ0n) is 12.3. The fourth-order valence-electron chi connectivity index (χ4n) is 3.05. The van der Waals surface area contributed by atoms with Crippen LogP contribution in [-0.4, -0.2) is 46.9 Å². The molecule has 1 aromatic carbocycles. The molecular weight excluding hydrogens is 322 g/mol. The first kappa shape index (κ1) is 15.8. The smallest absolute Gasteiger partial charge is 0.343 e. The zero-order valence-corrected chi connectivity index (χ0v) is 13.1. The molecule has 1 saturated heterocycles. The van der Waals surface area contributed by atoms with Gasteiger partial charge in [0.15, 0.2) is 5.75 Å². The Kier molecular flexibility index (Phi) is 3.99. The molecule has 23 heavy (non-hydrogen) atoms. The van der Waals surface area contributed by atoms with Gasteiger partial charge in [0.05, 0.1) is 11.0 Å². The van der Waals surface area contributed by atoms with Crippen molar-refractivity contribution >= 4 is 27.0 Å². The van der Waals surface area contributed by atoms with Crippen molar-refractivity contribution in [1.82, 2.24) is 13.9 Å². The number of benzene rings is 1. The molecule has 124 valence electrons. The van der Waals surface area contributed by atoms with Crippen LogP contribution in [0.2, 0.25) is 0 Å². The van der Waals surface area contributed by atoms with Gasteiger partial charge >= 0.3 is 11.7 Å². The van der Waals surface area contributed by atoms with Gasteiger partial charge in [-0.15, -0.1) is 0 Å². The van der Waals surface area contributed by atoms with E-state index in [-0.39, 0.29) is 11.6 Å². The second-order valence-corrected chi connectivity index (χ2v) is 7.35. The molecule has 2 heterocycles. The fraction of sp³-hybridized carbons (Fsp3) is 0.429. The minimum absolute atomic E-state index is 0.102. The van der Waals surface area contributed by atoms with E-state index in [0.717, 1.165) is 13.1 Å². The maximum Gasteiger partial charge on any atom is 0.343 e. The molecule has 2 N–H and O–H groups in total. The number of aromatic nitrogens is 2. The van der Waals surface area contributed by atoms with E-state index in [1.807, 2.05) is 0 Å². The number of nitrogens with one attached hydrogen (secondary N) is 1. The SMILES string of the molecule is O=C(O)CS(=O)(=O)n1c(=O)n(C2CCNCC2)c2ccccc21. The summed E-state index contributed by atoms with van der Waals surface area (Å²) in [5.74, 6) is -2.61. The van der Waals surface area contributed by atoms with Gasteiger partial charge in [-0.25, -0.2) is 13.2 Å². The molecule has 0 saturated carbocycles. The largest absolute Gasteiger partial charge is 0.480 e. The first-order valence-electron chi connectivity index (χ1n) is 7.29. The van der Waals surface area contributed by atoms with E-state index in [1.54, 1.807) is 18.2 Å². The highest BCUT2D eigenvalue weighted by molar-refractivity contribution is 7.90. The van der Waals surface area contributed by atoms with Crippen LogP contribution in [0.25, 0.3) is 11.0 Å². The van der Waals surface area contributed by atoms with Gasteiger partial charge in [0.1, 0.15) is 0 Å². The Hall–Kier alpha value is -2.13. The number of nitrogens with zero attached hydrogens (tertiary/aromatic N) is 2. The maximum atomic E-state index is 12.7. The molecule has 9 heteroatoms. The summed E-state index contributed by atoms with van der Waals surface area (Å²) < 4.78 is 26.8. The lowest BCUT2D eigenvalue weighted by Gasteiger charge is -2.23. The van der Waals surface area contributed by atoms with Crippen LogP contribution < -0.4 is 11.0 Å². The number of imidazole rings is 1. The lowest BCUT2D eigenvalue weighted by molar-refractivity contribution is -0.134. The van der Waals surface area contributed by atoms with Crippen LogP contribution in [-0.2, 0) is 14.8 Å². The molecule has 0 amide bonds. The van der Waals surface area contributed by atoms with E-state index in [1.165, 1.54) is 10.6 Å². The number of carbonyl (C=O) groups is 1. The average Bonchev–Trinajstić information content (AvgIpc) is 2.79. The van der Waals surface area contributed by atoms with Gasteiger partial charge in [-0.2, -0.15) is 3.97 Å². The Morgan fingerprint density at radius 2 is 1.83 bits per heavy atom. The van der Waals surface area contributed by atoms with E-state index in [0.29, 0.717) is 22.3 Å². The van der Waals surface area contributed by atoms with E-state index in [2.05, 4.69) is 5.32 Å². The second-order valence-electron chi connectivity index (χ2n) is 5.54. The van der Waals surface area contributed by atoms with Gasteiger partial charge in [0.2, 0.25) is 0 Å². The average molecular weight is 339 g/mol. The quantitative estimate of drug-likeness (QED) is 0.811. The molecule has 3 rings (SSSR count). The van der Waals surface area contributed by atoms with Crippen LogP contribution in [0.1, 0.15) is 18.9 Å². The molecule has 8 nitrogen and oxygen atoms in total. The Balaban J connectivity index is 2.25. The van der Waals surface area contributed by atoms with Crippen molar-refractivity contribution in [2.75, 3.05) is 18.8 Å². The Bertz CT molecular complexity index is 906. The number of hydrogen-bond donors (Lipinski definition) is 2. The van der Waals surface area contributed by atoms with Crippen molar-refractivity contribution in [1.29, 1.82) is 0 Å². The van der Waals surface area contributed by atoms with Crippen LogP contribution in [0.3, 0.4) is 0 Å². The van der Waals surface area contributed by atoms with Gasteiger partial charge in [-0.05, 0) is 38.1 Å². The lowest BCUT2D eigenvalue weighted by atomic mass is 10.1. The van der Waals surface area contributed by atoms with Crippen LogP contribution >= 0.6 is 0 Å². The summed E-state index contributed by atoms with van der Waals surface area (Å²) in [6.45, 7) is 1.50. The monoisotopic (exact) mass is 339 g/mol. The molecule has 1 aromatic heterocycles. The third-order valence-electron chi connectivity index (χ3n) is 4.00. The highest BCUT2D eigenvalue weighted by Crippen LogP contribution is 2.24. The van der Waals surface area contributed by atoms with E-state index in [4.69, 9.17) is 5.11 Å². The molecular formula is C14H17N3O5S. The number of rotatable bonds is 4. The van der Waals surface area contributed by atoms with Crippen LogP contribution in [0.5, 0.6) is 0 Å². The van der Waals surface area contributed by atoms with Crippen LogP contribution in [0.15, 0.2) is 29.1 Å². The Morgan fingerprint density at radius 3 is 2.43 bits per heavy atom. The molecule has 0 atom stereocenters. The molecule has 0 unspecified atom stereocenters. The summed E-state index contributed by atoms with van der Waals surface area (Å²) in [5.41, 5.74) is 0.0370. The highest BCUT2D eigenvalue weighted by Gasteiger charge is 2.28. The minimum Gasteiger partial charge on any atom is -0.480 e. The number of aliphatic carboxylic acids is 1. The number of piperidine rings is 1. The maximum absolute atomic E-state index is 12.7. The van der Waals surface area contributed by atoms with Crippen LogP contribution in [0.4, 0.5) is 0 Å². The predicted molar refractivity (Wildman–Crippen MR) is 84.2 cm³/mol. The molecule has 0 aliphatic carbocycles. The summed E-state index contributed by atoms with van der Waals surface area (Å²) in [6.07, 6.45) is 1.43. The summed E-state index contributed by atoms with van der Waals surface area (Å²) in [5, 5.41) is 12.0. The highest BCUT2D eigenvalue weighted by atomic mass is 32.2. The molecule has 1 aliphatic heterocycles. The Labute approximate surface area is 132 Å². The lowest BCUT2D eigenvalue weighted by Crippen LogP contribution is -2.37. The zero-order chi connectivity index (χ0) is 16.6. The number of para-hydroxylation sites is 2. The standard InChI is InChI=1S/C14H17N3O5S/c18-13(19)9-23(21,22)17-12-4-2-1-3-11(12)16(14(17)20)10-5-7-15-8-6-10/h1-4,10,15H,5-9H2,(H,18,19). The number of hydrogen-bond acceptors (Lipinski definition) is 5.